The second-order valence-corrected chi connectivity index (χ2v) is 3.58. The molecule has 0 atom stereocenters. The van der Waals surface area contributed by atoms with Crippen LogP contribution in [0.4, 0.5) is 0 Å². The van der Waals surface area contributed by atoms with Crippen molar-refractivity contribution in [2.75, 3.05) is 0 Å². The molecule has 68 valence electrons. The molecule has 0 saturated carbocycles. The highest BCUT2D eigenvalue weighted by Crippen LogP contribution is 2.23. The molecule has 0 saturated heterocycles. The Kier molecular flexibility index (Phi) is 2.02. The number of aliphatic hydroxyl groups excluding tert-OH is 1. The first-order valence-electron chi connectivity index (χ1n) is 4.09. The monoisotopic (exact) mass is 195 g/mol. The summed E-state index contributed by atoms with van der Waals surface area (Å²) < 4.78 is 0. The zero-order chi connectivity index (χ0) is 9.42. The second kappa shape index (κ2) is 3.05. The Morgan fingerprint density at radius 3 is 2.85 bits per heavy atom. The number of fused-ring (bicyclic) bond motifs is 1. The third-order valence-corrected chi connectivity index (χ3v) is 2.33. The normalized spacial score (nSPS) is 11.0. The van der Waals surface area contributed by atoms with E-state index in [1.54, 1.807) is 0 Å². The molecule has 0 bridgehead atoms. The lowest BCUT2D eigenvalue weighted by molar-refractivity contribution is 0.278. The van der Waals surface area contributed by atoms with Crippen LogP contribution >= 0.6 is 11.6 Å². The summed E-state index contributed by atoms with van der Waals surface area (Å²) in [5.74, 6) is 0. The molecule has 0 fully saturated rings. The fraction of sp³-hybridized carbons (Fsp3) is 0.200. The van der Waals surface area contributed by atoms with E-state index in [4.69, 9.17) is 16.7 Å². The smallest absolute Gasteiger partial charge is 0.0831 e. The molecule has 2 nitrogen and oxygen atoms in total. The molecule has 0 aliphatic carbocycles. The summed E-state index contributed by atoms with van der Waals surface area (Å²) in [6, 6.07) is 5.70. The van der Waals surface area contributed by atoms with Crippen LogP contribution in [0.2, 0.25) is 5.02 Å². The molecule has 2 N–H and O–H groups in total. The first kappa shape index (κ1) is 8.60. The summed E-state index contributed by atoms with van der Waals surface area (Å²) in [7, 11) is 0. The summed E-state index contributed by atoms with van der Waals surface area (Å²) in [5.41, 5.74) is 2.97. The number of rotatable bonds is 1. The van der Waals surface area contributed by atoms with E-state index in [9.17, 15) is 0 Å². The highest BCUT2D eigenvalue weighted by atomic mass is 35.5. The van der Waals surface area contributed by atoms with Crippen LogP contribution in [0.15, 0.2) is 18.2 Å². The van der Waals surface area contributed by atoms with Crippen molar-refractivity contribution in [3.05, 3.63) is 34.5 Å². The standard InChI is InChI=1S/C10H10ClNO/c1-6-2-8(11)3-7-4-9(5-13)12-10(6)7/h2-4,12-13H,5H2,1H3. The number of halogens is 1. The van der Waals surface area contributed by atoms with Gasteiger partial charge >= 0.3 is 0 Å². The van der Waals surface area contributed by atoms with E-state index in [-0.39, 0.29) is 6.61 Å². The number of aromatic amines is 1. The van der Waals surface area contributed by atoms with Crippen molar-refractivity contribution in [3.63, 3.8) is 0 Å². The molecule has 0 aliphatic rings. The molecule has 0 radical (unpaired) electrons. The summed E-state index contributed by atoms with van der Waals surface area (Å²) in [4.78, 5) is 3.13. The summed E-state index contributed by atoms with van der Waals surface area (Å²) in [6.45, 7) is 2.03. The van der Waals surface area contributed by atoms with Crippen LogP contribution in [0.25, 0.3) is 10.9 Å². The van der Waals surface area contributed by atoms with Crippen molar-refractivity contribution in [2.45, 2.75) is 13.5 Å². The predicted octanol–water partition coefficient (Wildman–Crippen LogP) is 2.62. The van der Waals surface area contributed by atoms with E-state index in [1.807, 2.05) is 25.1 Å². The molecule has 2 aromatic rings. The number of aromatic nitrogens is 1. The van der Waals surface area contributed by atoms with Gasteiger partial charge in [0.2, 0.25) is 0 Å². The van der Waals surface area contributed by atoms with Crippen molar-refractivity contribution in [1.82, 2.24) is 4.98 Å². The van der Waals surface area contributed by atoms with Crippen molar-refractivity contribution >= 4 is 22.5 Å². The van der Waals surface area contributed by atoms with Crippen molar-refractivity contribution in [2.24, 2.45) is 0 Å². The molecule has 3 heteroatoms. The number of aliphatic hydroxyl groups is 1. The molecule has 1 heterocycles. The van der Waals surface area contributed by atoms with E-state index in [1.165, 1.54) is 0 Å². The minimum absolute atomic E-state index is 0.0335. The van der Waals surface area contributed by atoms with Crippen molar-refractivity contribution in [3.8, 4) is 0 Å². The Balaban J connectivity index is 2.75. The molecule has 0 aliphatic heterocycles. The van der Waals surface area contributed by atoms with Gasteiger partial charge in [0, 0.05) is 21.6 Å². The predicted molar refractivity (Wildman–Crippen MR) is 54.0 cm³/mol. The van der Waals surface area contributed by atoms with E-state index in [0.29, 0.717) is 0 Å². The third-order valence-electron chi connectivity index (χ3n) is 2.12. The lowest BCUT2D eigenvalue weighted by Crippen LogP contribution is -1.80. The minimum Gasteiger partial charge on any atom is -0.390 e. The first-order valence-corrected chi connectivity index (χ1v) is 4.47. The fourth-order valence-corrected chi connectivity index (χ4v) is 1.80. The van der Waals surface area contributed by atoms with E-state index in [0.717, 1.165) is 27.2 Å². The number of hydrogen-bond donors (Lipinski definition) is 2. The maximum Gasteiger partial charge on any atom is 0.0831 e. The van der Waals surface area contributed by atoms with Crippen molar-refractivity contribution < 1.29 is 5.11 Å². The van der Waals surface area contributed by atoms with Crippen molar-refractivity contribution in [1.29, 1.82) is 0 Å². The van der Waals surface area contributed by atoms with E-state index in [2.05, 4.69) is 4.98 Å². The number of aryl methyl sites for hydroxylation is 1. The highest BCUT2D eigenvalue weighted by Gasteiger charge is 2.03. The Morgan fingerprint density at radius 1 is 1.38 bits per heavy atom. The van der Waals surface area contributed by atoms with Crippen LogP contribution in [0.5, 0.6) is 0 Å². The Bertz CT molecular complexity index is 447. The van der Waals surface area contributed by atoms with Crippen LogP contribution in [0.3, 0.4) is 0 Å². The molecule has 1 aromatic carbocycles. The summed E-state index contributed by atoms with van der Waals surface area (Å²) >= 11 is 5.90. The van der Waals surface area contributed by atoms with Crippen LogP contribution in [-0.2, 0) is 6.61 Å². The fourth-order valence-electron chi connectivity index (χ4n) is 1.52. The molecule has 0 spiro atoms. The number of benzene rings is 1. The topological polar surface area (TPSA) is 36.0 Å². The second-order valence-electron chi connectivity index (χ2n) is 3.14. The third kappa shape index (κ3) is 1.43. The largest absolute Gasteiger partial charge is 0.390 e. The zero-order valence-electron chi connectivity index (χ0n) is 7.26. The van der Waals surface area contributed by atoms with E-state index < -0.39 is 0 Å². The lowest BCUT2D eigenvalue weighted by atomic mass is 10.2. The zero-order valence-corrected chi connectivity index (χ0v) is 8.02. The number of nitrogens with one attached hydrogen (secondary N) is 1. The molecule has 0 amide bonds. The Labute approximate surface area is 81.1 Å². The minimum atomic E-state index is 0.0335. The van der Waals surface area contributed by atoms with Gasteiger partial charge in [-0.15, -0.1) is 0 Å². The van der Waals surface area contributed by atoms with Gasteiger partial charge in [-0.3, -0.25) is 0 Å². The molecular weight excluding hydrogens is 186 g/mol. The van der Waals surface area contributed by atoms with Crippen LogP contribution in [0.1, 0.15) is 11.3 Å². The highest BCUT2D eigenvalue weighted by molar-refractivity contribution is 6.31. The SMILES string of the molecule is Cc1cc(Cl)cc2cc(CO)[nH]c12. The Morgan fingerprint density at radius 2 is 2.15 bits per heavy atom. The summed E-state index contributed by atoms with van der Waals surface area (Å²) in [5, 5.41) is 10.7. The molecule has 0 unspecified atom stereocenters. The average molecular weight is 196 g/mol. The van der Waals surface area contributed by atoms with Crippen LogP contribution in [0, 0.1) is 6.92 Å². The van der Waals surface area contributed by atoms with Gasteiger partial charge in [-0.25, -0.2) is 0 Å². The summed E-state index contributed by atoms with van der Waals surface area (Å²) in [6.07, 6.45) is 0. The van der Waals surface area contributed by atoms with Gasteiger partial charge in [-0.2, -0.15) is 0 Å². The van der Waals surface area contributed by atoms with Gasteiger partial charge in [0.1, 0.15) is 0 Å². The molecule has 2 rings (SSSR count). The van der Waals surface area contributed by atoms with Gasteiger partial charge in [-0.05, 0) is 30.7 Å². The maximum atomic E-state index is 8.93. The van der Waals surface area contributed by atoms with Crippen LogP contribution in [-0.4, -0.2) is 10.1 Å². The van der Waals surface area contributed by atoms with E-state index >= 15 is 0 Å². The van der Waals surface area contributed by atoms with Gasteiger partial charge in [0.25, 0.3) is 0 Å². The lowest BCUT2D eigenvalue weighted by Gasteiger charge is -1.96. The average Bonchev–Trinajstić information content (AvgIpc) is 2.47. The Hall–Kier alpha value is -0.990. The maximum absolute atomic E-state index is 8.93. The quantitative estimate of drug-likeness (QED) is 0.721. The number of hydrogen-bond acceptors (Lipinski definition) is 1. The van der Waals surface area contributed by atoms with Gasteiger partial charge in [-0.1, -0.05) is 11.6 Å². The van der Waals surface area contributed by atoms with Gasteiger partial charge < -0.3 is 10.1 Å². The van der Waals surface area contributed by atoms with Gasteiger partial charge in [0.15, 0.2) is 0 Å². The number of H-pyrrole nitrogens is 1. The van der Waals surface area contributed by atoms with Crippen LogP contribution < -0.4 is 0 Å². The first-order chi connectivity index (χ1) is 6.20. The molecule has 13 heavy (non-hydrogen) atoms. The van der Waals surface area contributed by atoms with Gasteiger partial charge in [0.05, 0.1) is 6.61 Å². The molecule has 1 aromatic heterocycles. The molecular formula is C10H10ClNO.